The summed E-state index contributed by atoms with van der Waals surface area (Å²) in [5.74, 6) is 3.13. The van der Waals surface area contributed by atoms with Gasteiger partial charge < -0.3 is 4.90 Å². The third-order valence-electron chi connectivity index (χ3n) is 4.14. The molecule has 2 aliphatic rings. The molecule has 0 bridgehead atoms. The first-order chi connectivity index (χ1) is 9.20. The molecule has 0 aromatic carbocycles. The van der Waals surface area contributed by atoms with Crippen LogP contribution in [-0.4, -0.2) is 34.5 Å². The number of fused-ring (bicyclic) bond motifs is 1. The van der Waals surface area contributed by atoms with Gasteiger partial charge in [-0.05, 0) is 36.1 Å². The zero-order chi connectivity index (χ0) is 13.4. The molecule has 104 valence electrons. The number of hydrogen-bond acceptors (Lipinski definition) is 3. The summed E-state index contributed by atoms with van der Waals surface area (Å²) in [6.45, 7) is 3.16. The third-order valence-corrected chi connectivity index (χ3v) is 7.04. The maximum atomic E-state index is 12.7. The molecule has 1 saturated heterocycles. The number of rotatable bonds is 2. The predicted molar refractivity (Wildman–Crippen MR) is 86.6 cm³/mol. The van der Waals surface area contributed by atoms with E-state index in [9.17, 15) is 4.79 Å². The molecule has 1 amide bonds. The normalized spacial score (nSPS) is 26.5. The topological polar surface area (TPSA) is 20.3 Å². The molecule has 2 nitrogen and oxygen atoms in total. The molecule has 2 unspecified atom stereocenters. The van der Waals surface area contributed by atoms with Gasteiger partial charge in [0.05, 0.1) is 4.88 Å². The molecule has 3 heterocycles. The zero-order valence-electron chi connectivity index (χ0n) is 11.0. The molecule has 5 heteroatoms. The maximum absolute atomic E-state index is 12.7. The number of alkyl halides is 1. The van der Waals surface area contributed by atoms with Crippen LogP contribution in [0.15, 0.2) is 6.07 Å². The first-order valence-corrected chi connectivity index (χ1v) is 9.86. The van der Waals surface area contributed by atoms with Crippen LogP contribution in [0.3, 0.4) is 0 Å². The van der Waals surface area contributed by atoms with Gasteiger partial charge in [-0.15, -0.1) is 11.3 Å². The van der Waals surface area contributed by atoms with Crippen molar-refractivity contribution in [3.8, 4) is 0 Å². The highest BCUT2D eigenvalue weighted by Crippen LogP contribution is 2.34. The van der Waals surface area contributed by atoms with Crippen LogP contribution in [0.1, 0.15) is 33.5 Å². The summed E-state index contributed by atoms with van der Waals surface area (Å²) >= 11 is 7.26. The monoisotopic (exact) mass is 359 g/mol. The van der Waals surface area contributed by atoms with E-state index in [4.69, 9.17) is 0 Å². The Kier molecular flexibility index (Phi) is 4.25. The van der Waals surface area contributed by atoms with Crippen molar-refractivity contribution < 1.29 is 4.79 Å². The van der Waals surface area contributed by atoms with E-state index in [0.717, 1.165) is 35.3 Å². The number of carbonyl (C=O) groups is 1. The SMILES string of the molecule is CC1CCN(C(=O)c2cc3c(s2)CCSC3)C1CBr. The van der Waals surface area contributed by atoms with Crippen LogP contribution in [0.2, 0.25) is 0 Å². The van der Waals surface area contributed by atoms with E-state index in [1.807, 2.05) is 11.8 Å². The summed E-state index contributed by atoms with van der Waals surface area (Å²) in [7, 11) is 0. The van der Waals surface area contributed by atoms with Gasteiger partial charge in [-0.3, -0.25) is 4.79 Å². The van der Waals surface area contributed by atoms with Gasteiger partial charge in [0.2, 0.25) is 0 Å². The Morgan fingerprint density at radius 3 is 3.16 bits per heavy atom. The highest BCUT2D eigenvalue weighted by Gasteiger charge is 2.34. The minimum absolute atomic E-state index is 0.248. The first kappa shape index (κ1) is 14.0. The van der Waals surface area contributed by atoms with Crippen molar-refractivity contribution >= 4 is 44.9 Å². The first-order valence-electron chi connectivity index (χ1n) is 6.77. The summed E-state index contributed by atoms with van der Waals surface area (Å²) < 4.78 is 0. The van der Waals surface area contributed by atoms with Gasteiger partial charge in [0.1, 0.15) is 0 Å². The van der Waals surface area contributed by atoms with Crippen LogP contribution in [0.4, 0.5) is 0 Å². The summed E-state index contributed by atoms with van der Waals surface area (Å²) in [6, 6.07) is 2.50. The van der Waals surface area contributed by atoms with Crippen molar-refractivity contribution in [3.63, 3.8) is 0 Å². The highest BCUT2D eigenvalue weighted by molar-refractivity contribution is 9.09. The second-order valence-electron chi connectivity index (χ2n) is 5.35. The number of likely N-dealkylation sites (tertiary alicyclic amines) is 1. The molecule has 2 aliphatic heterocycles. The van der Waals surface area contributed by atoms with E-state index in [-0.39, 0.29) is 5.91 Å². The van der Waals surface area contributed by atoms with Gasteiger partial charge in [0.15, 0.2) is 0 Å². The average molecular weight is 360 g/mol. The smallest absolute Gasteiger partial charge is 0.264 e. The number of halogens is 1. The van der Waals surface area contributed by atoms with Crippen molar-refractivity contribution in [2.45, 2.75) is 31.6 Å². The quantitative estimate of drug-likeness (QED) is 0.748. The molecule has 0 spiro atoms. The molecule has 19 heavy (non-hydrogen) atoms. The van der Waals surface area contributed by atoms with Gasteiger partial charge >= 0.3 is 0 Å². The Morgan fingerprint density at radius 1 is 1.58 bits per heavy atom. The summed E-state index contributed by atoms with van der Waals surface area (Å²) in [4.78, 5) is 17.1. The number of thioether (sulfide) groups is 1. The summed E-state index contributed by atoms with van der Waals surface area (Å²) in [5.41, 5.74) is 1.40. The molecule has 0 aliphatic carbocycles. The number of thiophene rings is 1. The Balaban J connectivity index is 1.82. The number of amides is 1. The third kappa shape index (κ3) is 2.61. The zero-order valence-corrected chi connectivity index (χ0v) is 14.2. The maximum Gasteiger partial charge on any atom is 0.264 e. The average Bonchev–Trinajstić information content (AvgIpc) is 3.00. The van der Waals surface area contributed by atoms with E-state index >= 15 is 0 Å². The van der Waals surface area contributed by atoms with Crippen LogP contribution in [0, 0.1) is 5.92 Å². The molecule has 1 aromatic heterocycles. The lowest BCUT2D eigenvalue weighted by Crippen LogP contribution is -2.38. The van der Waals surface area contributed by atoms with Crippen molar-refractivity contribution in [1.29, 1.82) is 0 Å². The predicted octanol–water partition coefficient (Wildman–Crippen LogP) is 3.78. The van der Waals surface area contributed by atoms with Gasteiger partial charge in [0, 0.05) is 28.5 Å². The fourth-order valence-electron chi connectivity index (χ4n) is 2.89. The molecule has 2 atom stereocenters. The van der Waals surface area contributed by atoms with Crippen LogP contribution >= 0.6 is 39.0 Å². The van der Waals surface area contributed by atoms with Gasteiger partial charge in [-0.25, -0.2) is 0 Å². The second-order valence-corrected chi connectivity index (χ2v) is 8.24. The molecule has 0 saturated carbocycles. The van der Waals surface area contributed by atoms with Crippen LogP contribution < -0.4 is 0 Å². The molecular formula is C14H18BrNOS2. The standard InChI is InChI=1S/C14H18BrNOS2/c1-9-2-4-16(11(9)7-15)14(17)13-6-10-8-18-5-3-12(10)19-13/h6,9,11H,2-5,7-8H2,1H3. The number of carbonyl (C=O) groups excluding carboxylic acids is 1. The molecule has 1 aromatic rings. The van der Waals surface area contributed by atoms with Crippen LogP contribution in [-0.2, 0) is 12.2 Å². The van der Waals surface area contributed by atoms with Crippen molar-refractivity contribution in [2.24, 2.45) is 5.92 Å². The Bertz CT molecular complexity index is 464. The van der Waals surface area contributed by atoms with Gasteiger partial charge in [0.25, 0.3) is 5.91 Å². The van der Waals surface area contributed by atoms with Gasteiger partial charge in [-0.2, -0.15) is 11.8 Å². The molecule has 3 rings (SSSR count). The Labute approximate surface area is 131 Å². The van der Waals surface area contributed by atoms with Gasteiger partial charge in [-0.1, -0.05) is 22.9 Å². The Morgan fingerprint density at radius 2 is 2.42 bits per heavy atom. The van der Waals surface area contributed by atoms with Crippen molar-refractivity contribution in [2.75, 3.05) is 17.6 Å². The summed E-state index contributed by atoms with van der Waals surface area (Å²) in [5, 5.41) is 0.890. The molecule has 0 radical (unpaired) electrons. The number of hydrogen-bond donors (Lipinski definition) is 0. The minimum atomic E-state index is 0.248. The lowest BCUT2D eigenvalue weighted by atomic mass is 10.1. The Hall–Kier alpha value is -0.000000000000000111. The lowest BCUT2D eigenvalue weighted by Gasteiger charge is -2.24. The summed E-state index contributed by atoms with van der Waals surface area (Å²) in [6.07, 6.45) is 2.26. The highest BCUT2D eigenvalue weighted by atomic mass is 79.9. The fourth-order valence-corrected chi connectivity index (χ4v) is 6.21. The number of nitrogens with zero attached hydrogens (tertiary/aromatic N) is 1. The second kappa shape index (κ2) is 5.78. The van der Waals surface area contributed by atoms with E-state index in [1.165, 1.54) is 16.2 Å². The fraction of sp³-hybridized carbons (Fsp3) is 0.643. The lowest BCUT2D eigenvalue weighted by molar-refractivity contribution is 0.0743. The molecule has 1 fully saturated rings. The van der Waals surface area contributed by atoms with E-state index < -0.39 is 0 Å². The van der Waals surface area contributed by atoms with E-state index in [1.54, 1.807) is 11.3 Å². The van der Waals surface area contributed by atoms with Crippen LogP contribution in [0.25, 0.3) is 0 Å². The van der Waals surface area contributed by atoms with Crippen LogP contribution in [0.5, 0.6) is 0 Å². The van der Waals surface area contributed by atoms with Crippen molar-refractivity contribution in [3.05, 3.63) is 21.4 Å². The van der Waals surface area contributed by atoms with E-state index in [2.05, 4.69) is 33.8 Å². The van der Waals surface area contributed by atoms with E-state index in [0.29, 0.717) is 12.0 Å². The molecular weight excluding hydrogens is 342 g/mol. The largest absolute Gasteiger partial charge is 0.334 e. The number of aryl methyl sites for hydroxylation is 1. The molecule has 0 N–H and O–H groups in total. The van der Waals surface area contributed by atoms with Crippen molar-refractivity contribution in [1.82, 2.24) is 4.90 Å². The minimum Gasteiger partial charge on any atom is -0.334 e.